The Bertz CT molecular complexity index is 1320. The van der Waals surface area contributed by atoms with Crippen LogP contribution >= 0.6 is 11.6 Å². The Morgan fingerprint density at radius 2 is 1.78 bits per heavy atom. The number of benzene rings is 1. The number of aryl methyl sites for hydroxylation is 2. The SMILES string of the molecule is CCCCCOc1ccc(Cn2c(C)nc3c(C)cc(C(=O)NS(=O)(=O)CCCCC)nc32)c(Cl)c1. The van der Waals surface area contributed by atoms with Gasteiger partial charge < -0.3 is 9.30 Å². The second-order valence-corrected chi connectivity index (χ2v) is 11.3. The van der Waals surface area contributed by atoms with E-state index in [4.69, 9.17) is 16.3 Å². The number of aromatic nitrogens is 3. The summed E-state index contributed by atoms with van der Waals surface area (Å²) < 4.78 is 34.4. The average Bonchev–Trinajstić information content (AvgIpc) is 3.13. The molecule has 2 heterocycles. The van der Waals surface area contributed by atoms with E-state index in [2.05, 4.69) is 21.6 Å². The molecule has 0 aliphatic heterocycles. The van der Waals surface area contributed by atoms with Crippen LogP contribution in [0.25, 0.3) is 11.2 Å². The van der Waals surface area contributed by atoms with Crippen LogP contribution in [0.2, 0.25) is 5.02 Å². The predicted molar refractivity (Wildman–Crippen MR) is 143 cm³/mol. The summed E-state index contributed by atoms with van der Waals surface area (Å²) in [6, 6.07) is 7.17. The maximum atomic E-state index is 12.8. The number of rotatable bonds is 13. The number of sulfonamides is 1. The number of imidazole rings is 1. The lowest BCUT2D eigenvalue weighted by Crippen LogP contribution is -2.33. The molecule has 3 aromatic rings. The molecule has 196 valence electrons. The average molecular weight is 535 g/mol. The molecule has 0 atom stereocenters. The number of pyridine rings is 1. The molecule has 2 aromatic heterocycles. The Balaban J connectivity index is 1.84. The monoisotopic (exact) mass is 534 g/mol. The van der Waals surface area contributed by atoms with Crippen molar-refractivity contribution in [2.75, 3.05) is 12.4 Å². The van der Waals surface area contributed by atoms with E-state index in [1.807, 2.05) is 37.5 Å². The fourth-order valence-corrected chi connectivity index (χ4v) is 5.21. The number of halogens is 1. The number of ether oxygens (including phenoxy) is 1. The van der Waals surface area contributed by atoms with Gasteiger partial charge in [0.15, 0.2) is 5.65 Å². The molecular weight excluding hydrogens is 500 g/mol. The molecule has 0 aliphatic rings. The Labute approximate surface area is 218 Å². The molecule has 3 rings (SSSR count). The van der Waals surface area contributed by atoms with Crippen molar-refractivity contribution in [2.24, 2.45) is 0 Å². The van der Waals surface area contributed by atoms with Crippen LogP contribution in [0.3, 0.4) is 0 Å². The molecule has 0 spiro atoms. The van der Waals surface area contributed by atoms with E-state index in [-0.39, 0.29) is 11.4 Å². The van der Waals surface area contributed by atoms with Crippen LogP contribution in [0, 0.1) is 13.8 Å². The second kappa shape index (κ2) is 12.5. The van der Waals surface area contributed by atoms with Gasteiger partial charge in [-0.05, 0) is 56.0 Å². The molecule has 36 heavy (non-hydrogen) atoms. The molecule has 10 heteroatoms. The highest BCUT2D eigenvalue weighted by Crippen LogP contribution is 2.26. The third-order valence-corrected chi connectivity index (χ3v) is 7.63. The van der Waals surface area contributed by atoms with Crippen LogP contribution in [0.4, 0.5) is 0 Å². The van der Waals surface area contributed by atoms with E-state index in [0.717, 1.165) is 49.0 Å². The van der Waals surface area contributed by atoms with Gasteiger partial charge in [0.05, 0.1) is 18.9 Å². The zero-order valence-electron chi connectivity index (χ0n) is 21.4. The lowest BCUT2D eigenvalue weighted by molar-refractivity contribution is 0.0976. The Morgan fingerprint density at radius 1 is 1.06 bits per heavy atom. The van der Waals surface area contributed by atoms with E-state index in [1.165, 1.54) is 0 Å². The first-order chi connectivity index (χ1) is 17.1. The number of carbonyl (C=O) groups excluding carboxylic acids is 1. The minimum absolute atomic E-state index is 0.0298. The Hall–Kier alpha value is -2.65. The van der Waals surface area contributed by atoms with Crippen molar-refractivity contribution in [1.82, 2.24) is 19.3 Å². The first kappa shape index (κ1) is 27.9. The number of nitrogens with zero attached hydrogens (tertiary/aromatic N) is 3. The van der Waals surface area contributed by atoms with Crippen LogP contribution in [-0.4, -0.2) is 41.2 Å². The zero-order chi connectivity index (χ0) is 26.3. The summed E-state index contributed by atoms with van der Waals surface area (Å²) in [7, 11) is -3.73. The highest BCUT2D eigenvalue weighted by Gasteiger charge is 2.20. The Kier molecular flexibility index (Phi) is 9.73. The molecule has 1 amide bonds. The van der Waals surface area contributed by atoms with Gasteiger partial charge in [-0.15, -0.1) is 0 Å². The number of unbranched alkanes of at least 4 members (excludes halogenated alkanes) is 4. The van der Waals surface area contributed by atoms with Crippen molar-refractivity contribution in [2.45, 2.75) is 72.8 Å². The largest absolute Gasteiger partial charge is 0.494 e. The van der Waals surface area contributed by atoms with Gasteiger partial charge in [-0.2, -0.15) is 0 Å². The standard InChI is InChI=1S/C26H35ClN4O4S/c1-5-7-9-13-35-21-12-11-20(22(27)16-21)17-31-19(4)28-24-18(3)15-23(29-25(24)31)26(32)30-36(33,34)14-10-8-6-2/h11-12,15-16H,5-10,13-14,17H2,1-4H3,(H,30,32). The van der Waals surface area contributed by atoms with Gasteiger partial charge in [-0.3, -0.25) is 4.79 Å². The van der Waals surface area contributed by atoms with Crippen molar-refractivity contribution in [3.8, 4) is 5.75 Å². The third-order valence-electron chi connectivity index (χ3n) is 5.95. The van der Waals surface area contributed by atoms with Gasteiger partial charge in [0.25, 0.3) is 5.91 Å². The zero-order valence-corrected chi connectivity index (χ0v) is 23.0. The van der Waals surface area contributed by atoms with Crippen molar-refractivity contribution in [3.63, 3.8) is 0 Å². The van der Waals surface area contributed by atoms with Crippen LogP contribution in [-0.2, 0) is 16.6 Å². The highest BCUT2D eigenvalue weighted by molar-refractivity contribution is 7.90. The van der Waals surface area contributed by atoms with Crippen molar-refractivity contribution >= 4 is 38.7 Å². The number of fused-ring (bicyclic) bond motifs is 1. The fourth-order valence-electron chi connectivity index (χ4n) is 3.90. The quantitative estimate of drug-likeness (QED) is 0.287. The summed E-state index contributed by atoms with van der Waals surface area (Å²) in [5.41, 5.74) is 2.77. The first-order valence-corrected chi connectivity index (χ1v) is 14.5. The van der Waals surface area contributed by atoms with E-state index < -0.39 is 15.9 Å². The summed E-state index contributed by atoms with van der Waals surface area (Å²) >= 11 is 6.56. The summed E-state index contributed by atoms with van der Waals surface area (Å²) in [6.45, 7) is 8.86. The molecule has 8 nitrogen and oxygen atoms in total. The van der Waals surface area contributed by atoms with E-state index >= 15 is 0 Å². The maximum absolute atomic E-state index is 12.8. The number of hydrogen-bond donors (Lipinski definition) is 1. The lowest BCUT2D eigenvalue weighted by Gasteiger charge is -2.12. The molecule has 0 saturated carbocycles. The van der Waals surface area contributed by atoms with Crippen molar-refractivity contribution < 1.29 is 17.9 Å². The molecule has 0 bridgehead atoms. The van der Waals surface area contributed by atoms with Gasteiger partial charge in [0.1, 0.15) is 22.8 Å². The van der Waals surface area contributed by atoms with Gasteiger partial charge in [0, 0.05) is 5.02 Å². The van der Waals surface area contributed by atoms with E-state index in [1.54, 1.807) is 12.1 Å². The van der Waals surface area contributed by atoms with Gasteiger partial charge in [-0.1, -0.05) is 57.2 Å². The molecule has 0 fully saturated rings. The van der Waals surface area contributed by atoms with Crippen molar-refractivity contribution in [3.05, 3.63) is 51.9 Å². The topological polar surface area (TPSA) is 103 Å². The van der Waals surface area contributed by atoms with Gasteiger partial charge >= 0.3 is 0 Å². The van der Waals surface area contributed by atoms with Crippen LogP contribution in [0.1, 0.15) is 79.8 Å². The normalized spacial score (nSPS) is 11.7. The summed E-state index contributed by atoms with van der Waals surface area (Å²) in [5.74, 6) is 0.590. The van der Waals surface area contributed by atoms with Crippen LogP contribution < -0.4 is 9.46 Å². The molecule has 0 radical (unpaired) electrons. The highest BCUT2D eigenvalue weighted by atomic mass is 35.5. The smallest absolute Gasteiger partial charge is 0.283 e. The minimum atomic E-state index is -3.73. The number of nitrogens with one attached hydrogen (secondary N) is 1. The lowest BCUT2D eigenvalue weighted by atomic mass is 10.2. The summed E-state index contributed by atoms with van der Waals surface area (Å²) in [6.07, 6.45) is 5.42. The molecule has 1 N–H and O–H groups in total. The third kappa shape index (κ3) is 7.20. The fraction of sp³-hybridized carbons (Fsp3) is 0.500. The molecule has 0 aliphatic carbocycles. The molecule has 0 saturated heterocycles. The number of amides is 1. The maximum Gasteiger partial charge on any atom is 0.283 e. The van der Waals surface area contributed by atoms with Gasteiger partial charge in [-0.25, -0.2) is 23.1 Å². The second-order valence-electron chi connectivity index (χ2n) is 9.01. The summed E-state index contributed by atoms with van der Waals surface area (Å²) in [4.78, 5) is 21.9. The van der Waals surface area contributed by atoms with Crippen molar-refractivity contribution in [1.29, 1.82) is 0 Å². The van der Waals surface area contributed by atoms with E-state index in [0.29, 0.717) is 41.6 Å². The first-order valence-electron chi connectivity index (χ1n) is 12.5. The minimum Gasteiger partial charge on any atom is -0.494 e. The molecule has 1 aromatic carbocycles. The molecule has 0 unspecified atom stereocenters. The summed E-state index contributed by atoms with van der Waals surface area (Å²) in [5, 5.41) is 0.563. The number of carbonyl (C=O) groups is 1. The van der Waals surface area contributed by atoms with Crippen LogP contribution in [0.15, 0.2) is 24.3 Å². The Morgan fingerprint density at radius 3 is 2.47 bits per heavy atom. The van der Waals surface area contributed by atoms with Gasteiger partial charge in [0.2, 0.25) is 10.0 Å². The predicted octanol–water partition coefficient (Wildman–Crippen LogP) is 5.57. The van der Waals surface area contributed by atoms with E-state index in [9.17, 15) is 13.2 Å². The number of hydrogen-bond acceptors (Lipinski definition) is 6. The molecular formula is C26H35ClN4O4S. The van der Waals surface area contributed by atoms with Crippen LogP contribution in [0.5, 0.6) is 5.75 Å².